The number of pyridine rings is 1. The van der Waals surface area contributed by atoms with Gasteiger partial charge < -0.3 is 15.0 Å². The topological polar surface area (TPSA) is 53.0 Å². The summed E-state index contributed by atoms with van der Waals surface area (Å²) < 4.78 is 44.1. The highest BCUT2D eigenvalue weighted by molar-refractivity contribution is 5.80. The van der Waals surface area contributed by atoms with Gasteiger partial charge in [0.2, 0.25) is 5.88 Å². The molecule has 0 spiro atoms. The van der Waals surface area contributed by atoms with E-state index in [9.17, 15) is 13.2 Å². The molecule has 2 rings (SSSR count). The minimum atomic E-state index is -4.20. The molecule has 26 heavy (non-hydrogen) atoms. The first-order valence-corrected chi connectivity index (χ1v) is 8.69. The molecule has 0 aliphatic carbocycles. The van der Waals surface area contributed by atoms with Crippen LogP contribution in [0.1, 0.15) is 19.4 Å². The van der Waals surface area contributed by atoms with Crippen molar-refractivity contribution in [1.29, 1.82) is 0 Å². The Kier molecular flexibility index (Phi) is 7.07. The summed E-state index contributed by atoms with van der Waals surface area (Å²) in [7, 11) is 1.67. The summed E-state index contributed by atoms with van der Waals surface area (Å²) in [6, 6.07) is 2.32. The van der Waals surface area contributed by atoms with Crippen molar-refractivity contribution in [3.8, 4) is 5.88 Å². The number of ether oxygens (including phenoxy) is 1. The number of rotatable bonds is 5. The van der Waals surface area contributed by atoms with Crippen LogP contribution in [0.4, 0.5) is 13.2 Å². The maximum absolute atomic E-state index is 12.9. The molecule has 9 heteroatoms. The SMILES string of the molecule is CCOc1ncccc1CNC(=NC)N1CCN(C(C)C(F)(F)F)CC1. The molecule has 0 aromatic carbocycles. The zero-order chi connectivity index (χ0) is 19.2. The number of nitrogens with one attached hydrogen (secondary N) is 1. The fourth-order valence-electron chi connectivity index (χ4n) is 2.86. The second-order valence-corrected chi connectivity index (χ2v) is 6.04. The average Bonchev–Trinajstić information content (AvgIpc) is 2.63. The number of aliphatic imine (C=N–C) groups is 1. The first kappa shape index (κ1) is 20.3. The molecule has 0 radical (unpaired) electrons. The number of aromatic nitrogens is 1. The van der Waals surface area contributed by atoms with Crippen LogP contribution in [-0.2, 0) is 6.54 Å². The summed E-state index contributed by atoms with van der Waals surface area (Å²) in [5, 5.41) is 3.24. The van der Waals surface area contributed by atoms with E-state index in [-0.39, 0.29) is 0 Å². The van der Waals surface area contributed by atoms with Gasteiger partial charge in [0.15, 0.2) is 5.96 Å². The molecule has 1 saturated heterocycles. The minimum absolute atomic E-state index is 0.346. The van der Waals surface area contributed by atoms with E-state index in [0.717, 1.165) is 5.56 Å². The predicted octanol–water partition coefficient (Wildman–Crippen LogP) is 2.12. The van der Waals surface area contributed by atoms with Crippen LogP contribution in [0.2, 0.25) is 0 Å². The lowest BCUT2D eigenvalue weighted by Gasteiger charge is -2.39. The summed E-state index contributed by atoms with van der Waals surface area (Å²) in [6.07, 6.45) is -2.53. The van der Waals surface area contributed by atoms with Crippen molar-refractivity contribution < 1.29 is 17.9 Å². The summed E-state index contributed by atoms with van der Waals surface area (Å²) in [5.41, 5.74) is 0.903. The summed E-state index contributed by atoms with van der Waals surface area (Å²) in [4.78, 5) is 11.9. The van der Waals surface area contributed by atoms with Gasteiger partial charge in [0, 0.05) is 51.5 Å². The van der Waals surface area contributed by atoms with Crippen LogP contribution in [0.5, 0.6) is 5.88 Å². The highest BCUT2D eigenvalue weighted by Crippen LogP contribution is 2.25. The molecule has 1 N–H and O–H groups in total. The maximum Gasteiger partial charge on any atom is 0.403 e. The molecule has 1 aliphatic rings. The Hall–Kier alpha value is -2.03. The third-order valence-corrected chi connectivity index (χ3v) is 4.42. The molecule has 146 valence electrons. The van der Waals surface area contributed by atoms with E-state index < -0.39 is 12.2 Å². The van der Waals surface area contributed by atoms with Gasteiger partial charge >= 0.3 is 6.18 Å². The van der Waals surface area contributed by atoms with Gasteiger partial charge in [-0.2, -0.15) is 13.2 Å². The summed E-state index contributed by atoms with van der Waals surface area (Å²) in [6.45, 7) is 5.79. The lowest BCUT2D eigenvalue weighted by atomic mass is 10.2. The van der Waals surface area contributed by atoms with Crippen molar-refractivity contribution in [2.75, 3.05) is 39.8 Å². The quantitative estimate of drug-likeness (QED) is 0.633. The van der Waals surface area contributed by atoms with Gasteiger partial charge in [0.05, 0.1) is 6.61 Å². The molecule has 0 amide bonds. The highest BCUT2D eigenvalue weighted by Gasteiger charge is 2.41. The Balaban J connectivity index is 1.91. The van der Waals surface area contributed by atoms with Crippen LogP contribution in [0.3, 0.4) is 0 Å². The molecule has 1 aliphatic heterocycles. The van der Waals surface area contributed by atoms with Crippen molar-refractivity contribution >= 4 is 5.96 Å². The normalized spacial score (nSPS) is 17.9. The molecule has 1 aromatic rings. The van der Waals surface area contributed by atoms with E-state index in [1.165, 1.54) is 11.8 Å². The van der Waals surface area contributed by atoms with Crippen molar-refractivity contribution in [2.24, 2.45) is 4.99 Å². The first-order chi connectivity index (χ1) is 12.4. The summed E-state index contributed by atoms with van der Waals surface area (Å²) in [5.74, 6) is 1.23. The van der Waals surface area contributed by atoms with Crippen molar-refractivity contribution in [1.82, 2.24) is 20.1 Å². The lowest BCUT2D eigenvalue weighted by Crippen LogP contribution is -2.56. The third-order valence-electron chi connectivity index (χ3n) is 4.42. The van der Waals surface area contributed by atoms with E-state index in [4.69, 9.17) is 4.74 Å². The minimum Gasteiger partial charge on any atom is -0.478 e. The Bertz CT molecular complexity index is 600. The zero-order valence-corrected chi connectivity index (χ0v) is 15.4. The Morgan fingerprint density at radius 3 is 2.62 bits per heavy atom. The number of hydrogen-bond acceptors (Lipinski definition) is 4. The second-order valence-electron chi connectivity index (χ2n) is 6.04. The standard InChI is InChI=1S/C17H26F3N5O/c1-4-26-15-14(6-5-7-22-15)12-23-16(21-3)25-10-8-24(9-11-25)13(2)17(18,19)20/h5-7,13H,4,8-12H2,1-3H3,(H,21,23). The number of hydrogen-bond donors (Lipinski definition) is 1. The van der Waals surface area contributed by atoms with Gasteiger partial charge in [-0.15, -0.1) is 0 Å². The highest BCUT2D eigenvalue weighted by atomic mass is 19.4. The molecular formula is C17H26F3N5O. The number of piperazine rings is 1. The number of nitrogens with zero attached hydrogens (tertiary/aromatic N) is 4. The molecule has 1 unspecified atom stereocenters. The molecular weight excluding hydrogens is 347 g/mol. The maximum atomic E-state index is 12.9. The van der Waals surface area contributed by atoms with Crippen LogP contribution in [0, 0.1) is 0 Å². The largest absolute Gasteiger partial charge is 0.478 e. The van der Waals surface area contributed by atoms with Crippen LogP contribution in [0.15, 0.2) is 23.3 Å². The van der Waals surface area contributed by atoms with Gasteiger partial charge in [-0.05, 0) is 19.9 Å². The van der Waals surface area contributed by atoms with Gasteiger partial charge in [-0.1, -0.05) is 6.07 Å². The first-order valence-electron chi connectivity index (χ1n) is 8.69. The van der Waals surface area contributed by atoms with Crippen molar-refractivity contribution in [3.05, 3.63) is 23.9 Å². The molecule has 1 aromatic heterocycles. The molecule has 0 bridgehead atoms. The van der Waals surface area contributed by atoms with Crippen LogP contribution in [-0.4, -0.2) is 72.8 Å². The van der Waals surface area contributed by atoms with E-state index in [1.54, 1.807) is 13.2 Å². The average molecular weight is 373 g/mol. The van der Waals surface area contributed by atoms with Crippen LogP contribution >= 0.6 is 0 Å². The summed E-state index contributed by atoms with van der Waals surface area (Å²) >= 11 is 0. The second kappa shape index (κ2) is 9.07. The monoisotopic (exact) mass is 373 g/mol. The van der Waals surface area contributed by atoms with Crippen molar-refractivity contribution in [3.63, 3.8) is 0 Å². The zero-order valence-electron chi connectivity index (χ0n) is 15.4. The Morgan fingerprint density at radius 2 is 2.04 bits per heavy atom. The van der Waals surface area contributed by atoms with E-state index in [1.807, 2.05) is 24.0 Å². The lowest BCUT2D eigenvalue weighted by molar-refractivity contribution is -0.181. The Labute approximate surface area is 152 Å². The molecule has 2 heterocycles. The van der Waals surface area contributed by atoms with Crippen LogP contribution < -0.4 is 10.1 Å². The Morgan fingerprint density at radius 1 is 1.35 bits per heavy atom. The van der Waals surface area contributed by atoms with Crippen LogP contribution in [0.25, 0.3) is 0 Å². The van der Waals surface area contributed by atoms with E-state index >= 15 is 0 Å². The van der Waals surface area contributed by atoms with Crippen molar-refractivity contribution in [2.45, 2.75) is 32.6 Å². The molecule has 1 atom stereocenters. The third kappa shape index (κ3) is 5.23. The fourth-order valence-corrected chi connectivity index (χ4v) is 2.86. The molecule has 1 fully saturated rings. The molecule has 6 nitrogen and oxygen atoms in total. The smallest absolute Gasteiger partial charge is 0.403 e. The predicted molar refractivity (Wildman–Crippen MR) is 94.3 cm³/mol. The number of alkyl halides is 3. The van der Waals surface area contributed by atoms with Gasteiger partial charge in [-0.25, -0.2) is 4.98 Å². The van der Waals surface area contributed by atoms with E-state index in [2.05, 4.69) is 15.3 Å². The molecule has 0 saturated carbocycles. The number of guanidine groups is 1. The van der Waals surface area contributed by atoms with Gasteiger partial charge in [-0.3, -0.25) is 9.89 Å². The van der Waals surface area contributed by atoms with E-state index in [0.29, 0.717) is 51.2 Å². The number of halogens is 3. The van der Waals surface area contributed by atoms with Gasteiger partial charge in [0.25, 0.3) is 0 Å². The van der Waals surface area contributed by atoms with Gasteiger partial charge in [0.1, 0.15) is 6.04 Å². The fraction of sp³-hybridized carbons (Fsp3) is 0.647.